The average molecular weight is 502 g/mol. The molecule has 2 saturated heterocycles. The van der Waals surface area contributed by atoms with Crippen molar-refractivity contribution in [2.24, 2.45) is 5.41 Å². The van der Waals surface area contributed by atoms with Crippen LogP contribution < -0.4 is 10.5 Å². The van der Waals surface area contributed by atoms with E-state index in [1.54, 1.807) is 18.2 Å². The zero-order chi connectivity index (χ0) is 23.6. The largest absolute Gasteiger partial charge is 0.381 e. The smallest absolute Gasteiger partial charge is 0.256 e. The number of anilines is 1. The molecule has 1 amide bonds. The van der Waals surface area contributed by atoms with Gasteiger partial charge in [0.15, 0.2) is 0 Å². The Hall–Kier alpha value is -2.55. The molecule has 34 heavy (non-hydrogen) atoms. The topological polar surface area (TPSA) is 94.3 Å². The van der Waals surface area contributed by atoms with Crippen LogP contribution in [0.2, 0.25) is 10.0 Å². The lowest BCUT2D eigenvalue weighted by molar-refractivity contribution is -0.000186. The third-order valence-electron chi connectivity index (χ3n) is 7.60. The normalized spacial score (nSPS) is 19.6. The number of aryl methyl sites for hydroxylation is 1. The van der Waals surface area contributed by atoms with Gasteiger partial charge in [0.2, 0.25) is 0 Å². The second-order valence-corrected chi connectivity index (χ2v) is 10.5. The quantitative estimate of drug-likeness (QED) is 0.570. The Balaban J connectivity index is 1.32. The van der Waals surface area contributed by atoms with Gasteiger partial charge in [0, 0.05) is 49.0 Å². The highest BCUT2D eigenvalue weighted by Crippen LogP contribution is 2.47. The van der Waals surface area contributed by atoms with Crippen LogP contribution in [0.1, 0.15) is 40.0 Å². The molecule has 2 N–H and O–H groups in total. The Morgan fingerprint density at radius 3 is 2.74 bits per heavy atom. The summed E-state index contributed by atoms with van der Waals surface area (Å²) in [5.74, 6) is -0.205. The highest BCUT2D eigenvalue weighted by Gasteiger charge is 2.45. The van der Waals surface area contributed by atoms with Gasteiger partial charge in [0.25, 0.3) is 11.5 Å². The first-order valence-corrected chi connectivity index (χ1v) is 12.3. The lowest BCUT2D eigenvalue weighted by Gasteiger charge is -2.53. The molecule has 0 bridgehead atoms. The van der Waals surface area contributed by atoms with Crippen LogP contribution in [0.4, 0.5) is 5.69 Å². The van der Waals surface area contributed by atoms with E-state index in [0.29, 0.717) is 50.9 Å². The van der Waals surface area contributed by atoms with Crippen LogP contribution in [0.5, 0.6) is 0 Å². The van der Waals surface area contributed by atoms with E-state index < -0.39 is 0 Å². The van der Waals surface area contributed by atoms with Gasteiger partial charge in [0.05, 0.1) is 40.2 Å². The molecule has 1 aromatic carbocycles. The van der Waals surface area contributed by atoms with Gasteiger partial charge in [-0.3, -0.25) is 9.59 Å². The lowest BCUT2D eigenvalue weighted by atomic mass is 9.73. The van der Waals surface area contributed by atoms with Crippen LogP contribution in [0.15, 0.2) is 17.2 Å². The summed E-state index contributed by atoms with van der Waals surface area (Å²) >= 11 is 13.5. The van der Waals surface area contributed by atoms with Gasteiger partial charge in [-0.2, -0.15) is 0 Å². The first-order valence-electron chi connectivity index (χ1n) is 11.5. The maximum absolute atomic E-state index is 13.6. The predicted molar refractivity (Wildman–Crippen MR) is 131 cm³/mol. The fourth-order valence-electron chi connectivity index (χ4n) is 5.63. The van der Waals surface area contributed by atoms with Crippen molar-refractivity contribution in [3.05, 3.63) is 55.2 Å². The number of nitrogens with one attached hydrogen (secondary N) is 2. The number of pyridine rings is 1. The molecule has 3 aromatic rings. The number of hydrogen-bond donors (Lipinski definition) is 2. The molecule has 1 spiro atoms. The number of H-pyrrole nitrogens is 2. The maximum Gasteiger partial charge on any atom is 0.256 e. The molecule has 2 aromatic heterocycles. The number of amides is 1. The Morgan fingerprint density at radius 1 is 1.21 bits per heavy atom. The number of fused-ring (bicyclic) bond motifs is 2. The van der Waals surface area contributed by atoms with E-state index in [2.05, 4.69) is 19.9 Å². The van der Waals surface area contributed by atoms with Gasteiger partial charge in [-0.05, 0) is 37.8 Å². The number of rotatable bonds is 3. The molecule has 0 atom stereocenters. The SMILES string of the molecule is Cc1[nH]c(=O)c(CN2CCc3c(Cl)cc(N4CC5(CCOCC5)C4)c(Cl)c3C2=O)c2[nH]cnc12. The number of aromatic amines is 2. The number of benzene rings is 1. The van der Waals surface area contributed by atoms with Crippen molar-refractivity contribution in [1.82, 2.24) is 19.9 Å². The van der Waals surface area contributed by atoms with E-state index in [4.69, 9.17) is 27.9 Å². The minimum absolute atomic E-state index is 0.164. The van der Waals surface area contributed by atoms with Crippen LogP contribution >= 0.6 is 23.2 Å². The summed E-state index contributed by atoms with van der Waals surface area (Å²) in [6.07, 6.45) is 4.22. The monoisotopic (exact) mass is 501 g/mol. The Morgan fingerprint density at radius 2 is 1.97 bits per heavy atom. The second kappa shape index (κ2) is 8.00. The van der Waals surface area contributed by atoms with Gasteiger partial charge >= 0.3 is 0 Å². The summed E-state index contributed by atoms with van der Waals surface area (Å²) in [7, 11) is 0. The number of carbonyl (C=O) groups excluding carboxylic acids is 1. The fraction of sp³-hybridized carbons (Fsp3) is 0.458. The molecule has 178 valence electrons. The number of hydrogen-bond acceptors (Lipinski definition) is 5. The zero-order valence-corrected chi connectivity index (χ0v) is 20.4. The third kappa shape index (κ3) is 3.34. The number of aromatic nitrogens is 3. The highest BCUT2D eigenvalue weighted by atomic mass is 35.5. The molecule has 8 nitrogen and oxygen atoms in total. The molecular weight excluding hydrogens is 477 g/mol. The molecule has 3 aliphatic heterocycles. The number of imidazole rings is 1. The molecular formula is C24H25Cl2N5O3. The second-order valence-electron chi connectivity index (χ2n) is 9.67. The standard InChI is InChI=1S/C24H25Cl2N5O3/c1-13-20-21(28-12-27-20)15(22(32)29-13)9-30-5-2-14-16(25)8-17(19(26)18(14)23(30)33)31-10-24(11-31)3-6-34-7-4-24/h8,12H,2-7,9-11H2,1H3,(H,27,28)(H,29,32). The van der Waals surface area contributed by atoms with Crippen molar-refractivity contribution in [3.8, 4) is 0 Å². The van der Waals surface area contributed by atoms with E-state index in [-0.39, 0.29) is 23.4 Å². The van der Waals surface area contributed by atoms with Gasteiger partial charge in [-0.1, -0.05) is 23.2 Å². The first-order chi connectivity index (χ1) is 16.4. The van der Waals surface area contributed by atoms with Crippen molar-refractivity contribution in [2.75, 3.05) is 37.7 Å². The van der Waals surface area contributed by atoms with Crippen LogP contribution in [0.3, 0.4) is 0 Å². The summed E-state index contributed by atoms with van der Waals surface area (Å²) in [5.41, 5.74) is 4.60. The number of halogens is 2. The van der Waals surface area contributed by atoms with Crippen molar-refractivity contribution in [1.29, 1.82) is 0 Å². The summed E-state index contributed by atoms with van der Waals surface area (Å²) in [4.78, 5) is 40.4. The van der Waals surface area contributed by atoms with Crippen molar-refractivity contribution in [3.63, 3.8) is 0 Å². The van der Waals surface area contributed by atoms with Crippen LogP contribution in [0.25, 0.3) is 11.0 Å². The molecule has 0 saturated carbocycles. The van der Waals surface area contributed by atoms with Crippen molar-refractivity contribution < 1.29 is 9.53 Å². The number of carbonyl (C=O) groups is 1. The maximum atomic E-state index is 13.6. The summed E-state index contributed by atoms with van der Waals surface area (Å²) < 4.78 is 5.52. The van der Waals surface area contributed by atoms with Gasteiger partial charge < -0.3 is 24.5 Å². The Bertz CT molecular complexity index is 1370. The zero-order valence-electron chi connectivity index (χ0n) is 18.8. The molecule has 2 fully saturated rings. The molecule has 0 aliphatic carbocycles. The van der Waals surface area contributed by atoms with Gasteiger partial charge in [-0.15, -0.1) is 0 Å². The molecule has 0 radical (unpaired) electrons. The van der Waals surface area contributed by atoms with Crippen LogP contribution in [-0.2, 0) is 17.7 Å². The molecule has 0 unspecified atom stereocenters. The van der Waals surface area contributed by atoms with E-state index in [1.807, 2.05) is 6.07 Å². The van der Waals surface area contributed by atoms with Crippen LogP contribution in [0, 0.1) is 12.3 Å². The Labute approximate surface area is 206 Å². The highest BCUT2D eigenvalue weighted by molar-refractivity contribution is 6.39. The van der Waals surface area contributed by atoms with E-state index in [0.717, 1.165) is 50.4 Å². The average Bonchev–Trinajstić information content (AvgIpc) is 3.29. The lowest BCUT2D eigenvalue weighted by Crippen LogP contribution is -2.58. The summed E-state index contributed by atoms with van der Waals surface area (Å²) in [5, 5.41) is 1.01. The Kier molecular flexibility index (Phi) is 5.17. The minimum atomic E-state index is -0.229. The number of nitrogens with zero attached hydrogens (tertiary/aromatic N) is 3. The summed E-state index contributed by atoms with van der Waals surface area (Å²) in [6.45, 7) is 5.79. The molecule has 10 heteroatoms. The van der Waals surface area contributed by atoms with Crippen molar-refractivity contribution >= 4 is 45.8 Å². The van der Waals surface area contributed by atoms with E-state index >= 15 is 0 Å². The van der Waals surface area contributed by atoms with E-state index in [9.17, 15) is 9.59 Å². The van der Waals surface area contributed by atoms with Gasteiger partial charge in [0.1, 0.15) is 5.52 Å². The predicted octanol–water partition coefficient (Wildman–Crippen LogP) is 3.68. The third-order valence-corrected chi connectivity index (χ3v) is 8.32. The van der Waals surface area contributed by atoms with Crippen LogP contribution in [-0.4, -0.2) is 58.6 Å². The number of ether oxygens (including phenoxy) is 1. The summed E-state index contributed by atoms with van der Waals surface area (Å²) in [6, 6.07) is 1.90. The van der Waals surface area contributed by atoms with Gasteiger partial charge in [-0.25, -0.2) is 4.98 Å². The molecule has 3 aliphatic rings. The van der Waals surface area contributed by atoms with E-state index in [1.165, 1.54) is 0 Å². The first kappa shape index (κ1) is 21.9. The molecule has 5 heterocycles. The minimum Gasteiger partial charge on any atom is -0.381 e. The van der Waals surface area contributed by atoms with Crippen molar-refractivity contribution in [2.45, 2.75) is 32.7 Å². The fourth-order valence-corrected chi connectivity index (χ4v) is 6.29. The molecule has 6 rings (SSSR count).